The highest BCUT2D eigenvalue weighted by molar-refractivity contribution is 5.95. The van der Waals surface area contributed by atoms with Gasteiger partial charge in [-0.15, -0.1) is 0 Å². The average molecular weight is 152 g/mol. The second kappa shape index (κ2) is 3.83. The highest BCUT2D eigenvalue weighted by Gasteiger charge is 2.28. The summed E-state index contributed by atoms with van der Waals surface area (Å²) in [5.74, 6) is -0.0412. The topological polar surface area (TPSA) is 46.7 Å². The second-order valence-electron chi connectivity index (χ2n) is 2.10. The van der Waals surface area contributed by atoms with E-state index >= 15 is 0 Å². The van der Waals surface area contributed by atoms with Crippen LogP contribution in [0.25, 0.3) is 0 Å². The summed E-state index contributed by atoms with van der Waals surface area (Å²) < 4.78 is 4.73. The van der Waals surface area contributed by atoms with Crippen molar-refractivity contribution in [2.75, 3.05) is 6.61 Å². The van der Waals surface area contributed by atoms with Gasteiger partial charge in [-0.25, -0.2) is 0 Å². The van der Waals surface area contributed by atoms with Gasteiger partial charge in [0.05, 0.1) is 6.61 Å². The summed E-state index contributed by atoms with van der Waals surface area (Å²) in [5, 5.41) is 0. The molecule has 0 spiro atoms. The van der Waals surface area contributed by atoms with E-state index in [2.05, 4.69) is 0 Å². The van der Waals surface area contributed by atoms with E-state index in [1.54, 1.807) is 0 Å². The Balaban J connectivity index is 2.27. The summed E-state index contributed by atoms with van der Waals surface area (Å²) in [6.45, 7) is 0.528. The summed E-state index contributed by atoms with van der Waals surface area (Å²) in [5.41, 5.74) is 0. The van der Waals surface area contributed by atoms with Gasteiger partial charge < -0.3 is 4.74 Å². The Labute approximate surface area is 64.3 Å². The number of allylic oxidation sites excluding steroid dienone is 3. The minimum absolute atomic E-state index is 0.0412. The van der Waals surface area contributed by atoms with Gasteiger partial charge in [0.25, 0.3) is 0 Å². The number of rotatable bonds is 4. The van der Waals surface area contributed by atoms with Crippen LogP contribution in [0.3, 0.4) is 0 Å². The third-order valence-electron chi connectivity index (χ3n) is 1.21. The van der Waals surface area contributed by atoms with E-state index in [0.29, 0.717) is 12.9 Å². The van der Waals surface area contributed by atoms with Gasteiger partial charge in [0.15, 0.2) is 5.78 Å². The lowest BCUT2D eigenvalue weighted by molar-refractivity contribution is -0.115. The van der Waals surface area contributed by atoms with Crippen molar-refractivity contribution in [2.45, 2.75) is 6.10 Å². The number of carbonyl (C=O) groups is 2. The first-order valence-corrected chi connectivity index (χ1v) is 3.28. The molecule has 0 aliphatic carbocycles. The highest BCUT2D eigenvalue weighted by atomic mass is 16.6. The fourth-order valence-corrected chi connectivity index (χ4v) is 0.580. The summed E-state index contributed by atoms with van der Waals surface area (Å²) in [6.07, 6.45) is 6.18. The molecule has 11 heavy (non-hydrogen) atoms. The Morgan fingerprint density at radius 1 is 1.36 bits per heavy atom. The Bertz CT molecular complexity index is 211. The van der Waals surface area contributed by atoms with Crippen LogP contribution in [0.1, 0.15) is 0 Å². The lowest BCUT2D eigenvalue weighted by Crippen LogP contribution is -2.00. The molecule has 1 heterocycles. The number of hydrogen-bond acceptors (Lipinski definition) is 3. The van der Waals surface area contributed by atoms with Crippen molar-refractivity contribution >= 4 is 12.1 Å². The summed E-state index contributed by atoms with van der Waals surface area (Å²) in [6, 6.07) is 0. The zero-order chi connectivity index (χ0) is 8.10. The molecule has 0 radical (unpaired) electrons. The Morgan fingerprint density at radius 3 is 2.64 bits per heavy atom. The molecule has 1 atom stereocenters. The normalized spacial score (nSPS) is 22.7. The van der Waals surface area contributed by atoms with Crippen LogP contribution in [0, 0.1) is 0 Å². The Hall–Kier alpha value is -1.22. The lowest BCUT2D eigenvalue weighted by Gasteiger charge is -1.80. The minimum Gasteiger partial charge on any atom is -0.364 e. The van der Waals surface area contributed by atoms with E-state index in [-0.39, 0.29) is 11.9 Å². The minimum atomic E-state index is -0.226. The van der Waals surface area contributed by atoms with E-state index < -0.39 is 0 Å². The lowest BCUT2D eigenvalue weighted by atomic mass is 10.3. The molecule has 3 heteroatoms. The predicted molar refractivity (Wildman–Crippen MR) is 39.1 cm³/mol. The second-order valence-corrected chi connectivity index (χ2v) is 2.10. The van der Waals surface area contributed by atoms with Gasteiger partial charge in [-0.2, -0.15) is 0 Å². The van der Waals surface area contributed by atoms with Crippen LogP contribution in [0.15, 0.2) is 24.3 Å². The van der Waals surface area contributed by atoms with E-state index in [1.807, 2.05) is 0 Å². The van der Waals surface area contributed by atoms with E-state index in [0.717, 1.165) is 0 Å². The molecule has 0 bridgehead atoms. The van der Waals surface area contributed by atoms with Crippen molar-refractivity contribution in [1.29, 1.82) is 0 Å². The molecular weight excluding hydrogens is 144 g/mol. The van der Waals surface area contributed by atoms with Crippen LogP contribution in [0.2, 0.25) is 0 Å². The van der Waals surface area contributed by atoms with Crippen molar-refractivity contribution < 1.29 is 14.3 Å². The largest absolute Gasteiger partial charge is 0.364 e. The third kappa shape index (κ3) is 2.91. The van der Waals surface area contributed by atoms with E-state index in [9.17, 15) is 9.59 Å². The fourth-order valence-electron chi connectivity index (χ4n) is 0.580. The number of ketones is 1. The van der Waals surface area contributed by atoms with Crippen molar-refractivity contribution in [3.05, 3.63) is 24.3 Å². The molecule has 0 aromatic carbocycles. The molecular formula is C8H8O3. The summed E-state index contributed by atoms with van der Waals surface area (Å²) in [7, 11) is 0. The van der Waals surface area contributed by atoms with Crippen LogP contribution in [-0.2, 0) is 14.3 Å². The van der Waals surface area contributed by atoms with Gasteiger partial charge in [0, 0.05) is 0 Å². The maximum atomic E-state index is 10.8. The van der Waals surface area contributed by atoms with Gasteiger partial charge in [-0.05, 0) is 12.2 Å². The molecule has 0 aromatic heterocycles. The SMILES string of the molecule is O=C/C=C/C=C/C(=O)[C@@H]1CO1. The summed E-state index contributed by atoms with van der Waals surface area (Å²) >= 11 is 0. The van der Waals surface area contributed by atoms with Gasteiger partial charge in [0.2, 0.25) is 0 Å². The number of hydrogen-bond donors (Lipinski definition) is 0. The van der Waals surface area contributed by atoms with Gasteiger partial charge in [-0.3, -0.25) is 9.59 Å². The summed E-state index contributed by atoms with van der Waals surface area (Å²) in [4.78, 5) is 20.6. The van der Waals surface area contributed by atoms with E-state index in [1.165, 1.54) is 24.3 Å². The maximum Gasteiger partial charge on any atom is 0.186 e. The molecule has 1 aliphatic rings. The van der Waals surface area contributed by atoms with Crippen molar-refractivity contribution in [3.8, 4) is 0 Å². The van der Waals surface area contributed by atoms with Gasteiger partial charge in [0.1, 0.15) is 12.4 Å². The Morgan fingerprint density at radius 2 is 2.09 bits per heavy atom. The standard InChI is InChI=1S/C8H8O3/c9-5-3-1-2-4-7(10)8-6-11-8/h1-5,8H,6H2/b3-1+,4-2+/t8-/m0/s1. The molecule has 58 valence electrons. The molecule has 1 rings (SSSR count). The predicted octanol–water partition coefficient (Wildman–Crippen LogP) is 0.266. The van der Waals surface area contributed by atoms with Crippen LogP contribution < -0.4 is 0 Å². The first-order chi connectivity index (χ1) is 5.34. The molecule has 3 nitrogen and oxygen atoms in total. The number of aldehydes is 1. The van der Waals surface area contributed by atoms with Gasteiger partial charge >= 0.3 is 0 Å². The molecule has 0 unspecified atom stereocenters. The molecule has 0 amide bonds. The smallest absolute Gasteiger partial charge is 0.186 e. The molecule has 0 saturated carbocycles. The number of epoxide rings is 1. The van der Waals surface area contributed by atoms with Crippen LogP contribution in [-0.4, -0.2) is 24.8 Å². The first-order valence-electron chi connectivity index (χ1n) is 3.28. The maximum absolute atomic E-state index is 10.8. The van der Waals surface area contributed by atoms with Crippen LogP contribution in [0.4, 0.5) is 0 Å². The van der Waals surface area contributed by atoms with Gasteiger partial charge in [-0.1, -0.05) is 12.2 Å². The zero-order valence-electron chi connectivity index (χ0n) is 5.90. The molecule has 1 saturated heterocycles. The van der Waals surface area contributed by atoms with Crippen LogP contribution in [0.5, 0.6) is 0 Å². The van der Waals surface area contributed by atoms with Crippen LogP contribution >= 0.6 is 0 Å². The van der Waals surface area contributed by atoms with E-state index in [4.69, 9.17) is 4.74 Å². The first kappa shape index (κ1) is 7.88. The molecule has 0 aromatic rings. The monoisotopic (exact) mass is 152 g/mol. The molecule has 0 N–H and O–H groups in total. The van der Waals surface area contributed by atoms with Crippen molar-refractivity contribution in [1.82, 2.24) is 0 Å². The fraction of sp³-hybridized carbons (Fsp3) is 0.250. The zero-order valence-corrected chi connectivity index (χ0v) is 5.90. The highest BCUT2D eigenvalue weighted by Crippen LogP contribution is 2.09. The number of ether oxygens (including phenoxy) is 1. The van der Waals surface area contributed by atoms with Crippen molar-refractivity contribution in [3.63, 3.8) is 0 Å². The van der Waals surface area contributed by atoms with Crippen molar-refractivity contribution in [2.24, 2.45) is 0 Å². The quantitative estimate of drug-likeness (QED) is 0.251. The molecule has 1 aliphatic heterocycles. The number of carbonyl (C=O) groups excluding carboxylic acids is 2. The molecule has 1 fully saturated rings. The Kier molecular flexibility index (Phi) is 2.74. The third-order valence-corrected chi connectivity index (χ3v) is 1.21. The average Bonchev–Trinajstić information content (AvgIpc) is 2.79.